The normalized spacial score (nSPS) is 26.7. The van der Waals surface area contributed by atoms with E-state index in [0.717, 1.165) is 32.1 Å². The highest BCUT2D eigenvalue weighted by atomic mass is 16.4. The van der Waals surface area contributed by atoms with Crippen molar-refractivity contribution in [3.05, 3.63) is 24.3 Å². The summed E-state index contributed by atoms with van der Waals surface area (Å²) in [5.74, 6) is 0.188. The Morgan fingerprint density at radius 1 is 1.16 bits per heavy atom. The smallest absolute Gasteiger partial charge is 0.303 e. The van der Waals surface area contributed by atoms with E-state index in [-0.39, 0.29) is 24.4 Å². The Labute approximate surface area is 151 Å². The van der Waals surface area contributed by atoms with Crippen molar-refractivity contribution in [2.45, 2.75) is 76.7 Å². The molecular formula is C21H32O4. The molecule has 0 heterocycles. The Morgan fingerprint density at radius 2 is 1.92 bits per heavy atom. The van der Waals surface area contributed by atoms with Crippen LogP contribution in [0.15, 0.2) is 24.3 Å². The Bertz CT molecular complexity index is 488. The lowest BCUT2D eigenvalue weighted by Gasteiger charge is -2.25. The summed E-state index contributed by atoms with van der Waals surface area (Å²) in [5, 5.41) is 19.0. The molecule has 0 aromatic heterocycles. The van der Waals surface area contributed by atoms with Gasteiger partial charge in [-0.15, -0.1) is 0 Å². The second-order valence-corrected chi connectivity index (χ2v) is 7.54. The van der Waals surface area contributed by atoms with Gasteiger partial charge in [-0.05, 0) is 50.4 Å². The summed E-state index contributed by atoms with van der Waals surface area (Å²) in [4.78, 5) is 22.6. The van der Waals surface area contributed by atoms with Crippen molar-refractivity contribution in [2.24, 2.45) is 17.8 Å². The summed E-state index contributed by atoms with van der Waals surface area (Å²) >= 11 is 0. The SMILES string of the molecule is O=C(O)CCCC=CC[C@@H]1C(=O)CC[C@@H]1/C=C/C(O)C1CCCCC1. The molecule has 2 fully saturated rings. The summed E-state index contributed by atoms with van der Waals surface area (Å²) in [6.07, 6.45) is 17.4. The van der Waals surface area contributed by atoms with Gasteiger partial charge in [-0.3, -0.25) is 9.59 Å². The van der Waals surface area contributed by atoms with E-state index in [2.05, 4.69) is 6.08 Å². The molecule has 2 N–H and O–H groups in total. The third-order valence-corrected chi connectivity index (χ3v) is 5.66. The molecule has 0 saturated heterocycles. The van der Waals surface area contributed by atoms with E-state index in [1.807, 2.05) is 18.2 Å². The fraction of sp³-hybridized carbons (Fsp3) is 0.714. The van der Waals surface area contributed by atoms with Gasteiger partial charge in [-0.25, -0.2) is 0 Å². The first-order chi connectivity index (χ1) is 12.1. The minimum Gasteiger partial charge on any atom is -0.481 e. The summed E-state index contributed by atoms with van der Waals surface area (Å²) < 4.78 is 0. The molecule has 4 nitrogen and oxygen atoms in total. The maximum atomic E-state index is 12.1. The molecule has 0 aromatic carbocycles. The molecule has 0 amide bonds. The number of aliphatic hydroxyl groups is 1. The average Bonchev–Trinajstić information content (AvgIpc) is 2.96. The van der Waals surface area contributed by atoms with E-state index in [9.17, 15) is 14.7 Å². The molecule has 2 aliphatic carbocycles. The zero-order valence-electron chi connectivity index (χ0n) is 15.1. The monoisotopic (exact) mass is 348 g/mol. The van der Waals surface area contributed by atoms with E-state index in [4.69, 9.17) is 5.11 Å². The number of allylic oxidation sites excluding steroid dienone is 3. The van der Waals surface area contributed by atoms with Crippen LogP contribution in [-0.2, 0) is 9.59 Å². The number of carbonyl (C=O) groups excluding carboxylic acids is 1. The number of unbranched alkanes of at least 4 members (excludes halogenated alkanes) is 1. The summed E-state index contributed by atoms with van der Waals surface area (Å²) in [7, 11) is 0. The predicted octanol–water partition coefficient (Wildman–Crippen LogP) is 4.28. The molecule has 0 aliphatic heterocycles. The largest absolute Gasteiger partial charge is 0.481 e. The molecule has 4 heteroatoms. The molecule has 0 radical (unpaired) electrons. The van der Waals surface area contributed by atoms with Crippen LogP contribution in [0.4, 0.5) is 0 Å². The third-order valence-electron chi connectivity index (χ3n) is 5.66. The van der Waals surface area contributed by atoms with Gasteiger partial charge in [0.2, 0.25) is 0 Å². The van der Waals surface area contributed by atoms with Crippen molar-refractivity contribution in [3.63, 3.8) is 0 Å². The Balaban J connectivity index is 1.78. The van der Waals surface area contributed by atoms with Crippen LogP contribution >= 0.6 is 0 Å². The second-order valence-electron chi connectivity index (χ2n) is 7.54. The molecular weight excluding hydrogens is 316 g/mol. The van der Waals surface area contributed by atoms with Gasteiger partial charge < -0.3 is 10.2 Å². The van der Waals surface area contributed by atoms with Gasteiger partial charge >= 0.3 is 5.97 Å². The molecule has 2 aliphatic rings. The Hall–Kier alpha value is -1.42. The molecule has 0 aromatic rings. The predicted molar refractivity (Wildman–Crippen MR) is 98.2 cm³/mol. The average molecular weight is 348 g/mol. The first kappa shape index (κ1) is 19.9. The minimum atomic E-state index is -0.763. The summed E-state index contributed by atoms with van der Waals surface area (Å²) in [6, 6.07) is 0. The zero-order chi connectivity index (χ0) is 18.1. The molecule has 2 saturated carbocycles. The number of hydrogen-bond donors (Lipinski definition) is 2. The van der Waals surface area contributed by atoms with Crippen molar-refractivity contribution in [1.82, 2.24) is 0 Å². The van der Waals surface area contributed by atoms with Gasteiger partial charge in [0, 0.05) is 18.8 Å². The number of hydrogen-bond acceptors (Lipinski definition) is 3. The standard InChI is InChI=1S/C21H32O4/c22-19(17-8-4-3-5-9-17)14-12-16-13-15-20(23)18(16)10-6-1-2-7-11-21(24)25/h1,6,12,14,16-19,22H,2-5,7-11,13,15H2,(H,24,25)/b6-1?,14-12+/t16-,18-,19?/m0/s1. The van der Waals surface area contributed by atoms with Crippen LogP contribution in [0, 0.1) is 17.8 Å². The molecule has 140 valence electrons. The molecule has 3 atom stereocenters. The van der Waals surface area contributed by atoms with Crippen LogP contribution < -0.4 is 0 Å². The number of carboxylic acid groups (broad SMARTS) is 1. The van der Waals surface area contributed by atoms with Gasteiger partial charge in [-0.2, -0.15) is 0 Å². The number of ketones is 1. The Kier molecular flexibility index (Phi) is 8.39. The van der Waals surface area contributed by atoms with Crippen molar-refractivity contribution in [2.75, 3.05) is 0 Å². The first-order valence-electron chi connectivity index (χ1n) is 9.84. The Morgan fingerprint density at radius 3 is 2.64 bits per heavy atom. The van der Waals surface area contributed by atoms with E-state index in [0.29, 0.717) is 24.5 Å². The minimum absolute atomic E-state index is 0.0190. The third kappa shape index (κ3) is 6.77. The maximum Gasteiger partial charge on any atom is 0.303 e. The van der Waals surface area contributed by atoms with Gasteiger partial charge in [0.25, 0.3) is 0 Å². The van der Waals surface area contributed by atoms with Gasteiger partial charge in [-0.1, -0.05) is 43.6 Å². The van der Waals surface area contributed by atoms with Gasteiger partial charge in [0.1, 0.15) is 5.78 Å². The lowest BCUT2D eigenvalue weighted by atomic mass is 9.84. The quantitative estimate of drug-likeness (QED) is 0.482. The number of carbonyl (C=O) groups is 2. The van der Waals surface area contributed by atoms with Crippen LogP contribution in [0.5, 0.6) is 0 Å². The lowest BCUT2D eigenvalue weighted by Crippen LogP contribution is -2.21. The van der Waals surface area contributed by atoms with E-state index in [1.165, 1.54) is 19.3 Å². The topological polar surface area (TPSA) is 74.6 Å². The van der Waals surface area contributed by atoms with Crippen LogP contribution in [-0.4, -0.2) is 28.1 Å². The van der Waals surface area contributed by atoms with Crippen LogP contribution in [0.25, 0.3) is 0 Å². The highest BCUT2D eigenvalue weighted by Crippen LogP contribution is 2.34. The van der Waals surface area contributed by atoms with Crippen LogP contribution in [0.2, 0.25) is 0 Å². The van der Waals surface area contributed by atoms with Crippen LogP contribution in [0.1, 0.15) is 70.6 Å². The zero-order valence-corrected chi connectivity index (χ0v) is 15.1. The molecule has 0 bridgehead atoms. The van der Waals surface area contributed by atoms with Gasteiger partial charge in [0.05, 0.1) is 6.10 Å². The van der Waals surface area contributed by atoms with Crippen molar-refractivity contribution in [3.8, 4) is 0 Å². The lowest BCUT2D eigenvalue weighted by molar-refractivity contribution is -0.137. The van der Waals surface area contributed by atoms with Gasteiger partial charge in [0.15, 0.2) is 0 Å². The number of aliphatic carboxylic acids is 1. The maximum absolute atomic E-state index is 12.1. The number of rotatable bonds is 9. The highest BCUT2D eigenvalue weighted by molar-refractivity contribution is 5.83. The number of carboxylic acids is 1. The van der Waals surface area contributed by atoms with Crippen molar-refractivity contribution in [1.29, 1.82) is 0 Å². The summed E-state index contributed by atoms with van der Waals surface area (Å²) in [6.45, 7) is 0. The van der Waals surface area contributed by atoms with Crippen molar-refractivity contribution < 1.29 is 19.8 Å². The molecule has 1 unspecified atom stereocenters. The fourth-order valence-electron chi connectivity index (χ4n) is 4.09. The van der Waals surface area contributed by atoms with E-state index < -0.39 is 5.97 Å². The fourth-order valence-corrected chi connectivity index (χ4v) is 4.09. The second kappa shape index (κ2) is 10.5. The van der Waals surface area contributed by atoms with Crippen molar-refractivity contribution >= 4 is 11.8 Å². The molecule has 0 spiro atoms. The molecule has 25 heavy (non-hydrogen) atoms. The van der Waals surface area contributed by atoms with E-state index >= 15 is 0 Å². The molecule has 2 rings (SSSR count). The summed E-state index contributed by atoms with van der Waals surface area (Å²) in [5.41, 5.74) is 0. The number of Topliss-reactive ketones (excluding diaryl/α,β-unsaturated/α-hetero) is 1. The van der Waals surface area contributed by atoms with E-state index in [1.54, 1.807) is 0 Å². The highest BCUT2D eigenvalue weighted by Gasteiger charge is 2.32. The van der Waals surface area contributed by atoms with Crippen LogP contribution in [0.3, 0.4) is 0 Å². The first-order valence-corrected chi connectivity index (χ1v) is 9.84. The number of aliphatic hydroxyl groups excluding tert-OH is 1.